The second-order valence-corrected chi connectivity index (χ2v) is 6.41. The normalized spacial score (nSPS) is 34.1. The van der Waals surface area contributed by atoms with E-state index in [1.807, 2.05) is 0 Å². The zero-order valence-electron chi connectivity index (χ0n) is 11.4. The van der Waals surface area contributed by atoms with Crippen molar-refractivity contribution in [2.45, 2.75) is 50.9 Å². The molecule has 3 heterocycles. The summed E-state index contributed by atoms with van der Waals surface area (Å²) in [5.74, 6) is -0.941. The molecule has 0 unspecified atom stereocenters. The molecule has 0 aliphatic carbocycles. The Morgan fingerprint density at radius 1 is 1.37 bits per heavy atom. The van der Waals surface area contributed by atoms with Gasteiger partial charge in [0.25, 0.3) is 5.66 Å². The van der Waals surface area contributed by atoms with Crippen molar-refractivity contribution in [3.63, 3.8) is 0 Å². The lowest BCUT2D eigenvalue weighted by molar-refractivity contribution is -0.186. The lowest BCUT2D eigenvalue weighted by Gasteiger charge is -2.43. The third-order valence-electron chi connectivity index (χ3n) is 3.96. The number of hydrogen-bond donors (Lipinski definition) is 0. The first-order valence-electron chi connectivity index (χ1n) is 6.61. The molecule has 0 radical (unpaired) electrons. The van der Waals surface area contributed by atoms with E-state index >= 15 is 0 Å². The van der Waals surface area contributed by atoms with Crippen LogP contribution >= 0.6 is 0 Å². The summed E-state index contributed by atoms with van der Waals surface area (Å²) in [4.78, 5) is 39.9. The zero-order chi connectivity index (χ0) is 14.0. The number of carbonyl (C=O) groups excluding carboxylic acids is 3. The van der Waals surface area contributed by atoms with Crippen LogP contribution in [-0.4, -0.2) is 57.9 Å². The predicted octanol–water partition coefficient (Wildman–Crippen LogP) is -0.0863. The lowest BCUT2D eigenvalue weighted by atomic mass is 9.96. The van der Waals surface area contributed by atoms with Crippen molar-refractivity contribution >= 4 is 17.7 Å². The molecule has 0 aromatic carbocycles. The molecule has 3 fully saturated rings. The number of fused-ring (bicyclic) bond motifs is 3. The number of nitrogens with zero attached hydrogens (tertiary/aromatic N) is 2. The van der Waals surface area contributed by atoms with Gasteiger partial charge in [0.2, 0.25) is 5.91 Å². The average molecular weight is 266 g/mol. The molecule has 3 rings (SSSR count). The number of ether oxygens (including phenoxy) is 1. The zero-order valence-corrected chi connectivity index (χ0v) is 11.4. The summed E-state index contributed by atoms with van der Waals surface area (Å²) in [5.41, 5.74) is -2.14. The summed E-state index contributed by atoms with van der Waals surface area (Å²) in [5, 5.41) is 0. The Morgan fingerprint density at radius 3 is 2.63 bits per heavy atom. The molecule has 104 valence electrons. The SMILES string of the molecule is CC(C)(C)OC(=O)[C@]12C(=O)CCN1C[C@@H]1CC(=O)N12. The summed E-state index contributed by atoms with van der Waals surface area (Å²) in [6.07, 6.45) is 0.726. The van der Waals surface area contributed by atoms with Gasteiger partial charge in [-0.1, -0.05) is 0 Å². The molecule has 3 aliphatic heterocycles. The average Bonchev–Trinajstić information content (AvgIpc) is 2.69. The van der Waals surface area contributed by atoms with E-state index in [0.29, 0.717) is 25.9 Å². The van der Waals surface area contributed by atoms with Crippen LogP contribution in [-0.2, 0) is 19.1 Å². The fourth-order valence-electron chi connectivity index (χ4n) is 3.28. The molecule has 0 N–H and O–H groups in total. The third-order valence-corrected chi connectivity index (χ3v) is 3.96. The highest BCUT2D eigenvalue weighted by atomic mass is 16.6. The first kappa shape index (κ1) is 12.6. The van der Waals surface area contributed by atoms with E-state index in [9.17, 15) is 14.4 Å². The summed E-state index contributed by atoms with van der Waals surface area (Å²) >= 11 is 0. The van der Waals surface area contributed by atoms with Gasteiger partial charge >= 0.3 is 5.97 Å². The van der Waals surface area contributed by atoms with Gasteiger partial charge < -0.3 is 9.64 Å². The van der Waals surface area contributed by atoms with Crippen molar-refractivity contribution in [1.29, 1.82) is 0 Å². The van der Waals surface area contributed by atoms with Crippen LogP contribution < -0.4 is 0 Å². The van der Waals surface area contributed by atoms with Crippen LogP contribution in [0.1, 0.15) is 33.6 Å². The Bertz CT molecular complexity index is 482. The van der Waals surface area contributed by atoms with Crippen LogP contribution in [0.15, 0.2) is 0 Å². The minimum atomic E-state index is -1.46. The van der Waals surface area contributed by atoms with Crippen molar-refractivity contribution < 1.29 is 19.1 Å². The van der Waals surface area contributed by atoms with Crippen LogP contribution in [0.4, 0.5) is 0 Å². The van der Waals surface area contributed by atoms with Crippen LogP contribution in [0.2, 0.25) is 0 Å². The van der Waals surface area contributed by atoms with Crippen LogP contribution in [0.25, 0.3) is 0 Å². The van der Waals surface area contributed by atoms with Crippen LogP contribution in [0, 0.1) is 0 Å². The molecule has 19 heavy (non-hydrogen) atoms. The minimum absolute atomic E-state index is 0.00994. The second-order valence-electron chi connectivity index (χ2n) is 6.41. The van der Waals surface area contributed by atoms with Crippen molar-refractivity contribution in [2.75, 3.05) is 13.1 Å². The number of esters is 1. The van der Waals surface area contributed by atoms with E-state index < -0.39 is 17.2 Å². The molecule has 6 heteroatoms. The molecule has 1 amide bonds. The fourth-order valence-corrected chi connectivity index (χ4v) is 3.28. The molecule has 3 aliphatic rings. The number of amides is 1. The van der Waals surface area contributed by atoms with Gasteiger partial charge in [0.05, 0.1) is 6.04 Å². The monoisotopic (exact) mass is 266 g/mol. The van der Waals surface area contributed by atoms with Gasteiger partial charge in [-0.15, -0.1) is 0 Å². The van der Waals surface area contributed by atoms with Gasteiger partial charge in [0, 0.05) is 25.9 Å². The Labute approximate surface area is 111 Å². The molecule has 3 saturated heterocycles. The van der Waals surface area contributed by atoms with Crippen LogP contribution in [0.5, 0.6) is 0 Å². The Kier molecular flexibility index (Phi) is 2.36. The number of carbonyl (C=O) groups is 3. The van der Waals surface area contributed by atoms with Crippen LogP contribution in [0.3, 0.4) is 0 Å². The lowest BCUT2D eigenvalue weighted by Crippen LogP contribution is -2.68. The summed E-state index contributed by atoms with van der Waals surface area (Å²) in [7, 11) is 0. The van der Waals surface area contributed by atoms with E-state index in [1.54, 1.807) is 25.7 Å². The minimum Gasteiger partial charge on any atom is -0.457 e. The molecule has 2 atom stereocenters. The van der Waals surface area contributed by atoms with E-state index in [1.165, 1.54) is 4.90 Å². The fraction of sp³-hybridized carbons (Fsp3) is 0.769. The highest BCUT2D eigenvalue weighted by molar-refractivity contribution is 6.13. The molecular weight excluding hydrogens is 248 g/mol. The highest BCUT2D eigenvalue weighted by Gasteiger charge is 2.70. The van der Waals surface area contributed by atoms with Gasteiger partial charge in [-0.2, -0.15) is 0 Å². The maximum atomic E-state index is 12.5. The van der Waals surface area contributed by atoms with Crippen molar-refractivity contribution in [3.8, 4) is 0 Å². The first-order chi connectivity index (χ1) is 8.76. The number of hydrogen-bond acceptors (Lipinski definition) is 5. The molecule has 6 nitrogen and oxygen atoms in total. The maximum Gasteiger partial charge on any atom is 0.356 e. The van der Waals surface area contributed by atoms with Crippen molar-refractivity contribution in [2.24, 2.45) is 0 Å². The number of Topliss-reactive ketones (excluding diaryl/α,β-unsaturated/α-hetero) is 1. The molecular formula is C13H18N2O4. The summed E-state index contributed by atoms with van der Waals surface area (Å²) < 4.78 is 5.40. The Balaban J connectivity index is 1.99. The third kappa shape index (κ3) is 1.49. The first-order valence-corrected chi connectivity index (χ1v) is 6.61. The number of ketones is 1. The quantitative estimate of drug-likeness (QED) is 0.377. The molecule has 0 saturated carbocycles. The molecule has 0 aromatic rings. The van der Waals surface area contributed by atoms with Gasteiger partial charge in [0.1, 0.15) is 5.60 Å². The van der Waals surface area contributed by atoms with Gasteiger partial charge in [0.15, 0.2) is 5.78 Å². The van der Waals surface area contributed by atoms with E-state index in [-0.39, 0.29) is 17.7 Å². The Hall–Kier alpha value is -1.43. The van der Waals surface area contributed by atoms with Gasteiger partial charge in [-0.3, -0.25) is 14.5 Å². The summed E-state index contributed by atoms with van der Waals surface area (Å²) in [6, 6.07) is -0.00994. The van der Waals surface area contributed by atoms with Gasteiger partial charge in [-0.05, 0) is 20.8 Å². The van der Waals surface area contributed by atoms with E-state index in [4.69, 9.17) is 4.74 Å². The molecule has 0 aromatic heterocycles. The number of rotatable bonds is 1. The van der Waals surface area contributed by atoms with Crippen molar-refractivity contribution in [1.82, 2.24) is 9.80 Å². The standard InChI is InChI=1S/C13H18N2O4/c1-12(2,3)19-11(18)13-9(16)4-5-14(13)7-8-6-10(17)15(8)13/h8H,4-7H2,1-3H3/t8-,13+/m0/s1. The maximum absolute atomic E-state index is 12.5. The van der Waals surface area contributed by atoms with E-state index in [2.05, 4.69) is 0 Å². The molecule has 0 bridgehead atoms. The largest absolute Gasteiger partial charge is 0.457 e. The smallest absolute Gasteiger partial charge is 0.356 e. The summed E-state index contributed by atoms with van der Waals surface area (Å²) in [6.45, 7) is 6.40. The second kappa shape index (κ2) is 3.56. The van der Waals surface area contributed by atoms with Gasteiger partial charge in [-0.25, -0.2) is 4.79 Å². The highest BCUT2D eigenvalue weighted by Crippen LogP contribution is 2.45. The Morgan fingerprint density at radius 2 is 2.05 bits per heavy atom. The van der Waals surface area contributed by atoms with Crippen molar-refractivity contribution in [3.05, 3.63) is 0 Å². The predicted molar refractivity (Wildman–Crippen MR) is 65.0 cm³/mol. The topological polar surface area (TPSA) is 66.9 Å². The molecule has 0 spiro atoms. The van der Waals surface area contributed by atoms with E-state index in [0.717, 1.165) is 0 Å². The number of β-lactam (4-membered cyclic amide) rings is 1.